The van der Waals surface area contributed by atoms with E-state index in [1.54, 1.807) is 10.5 Å². The van der Waals surface area contributed by atoms with Gasteiger partial charge in [0, 0.05) is 31.8 Å². The number of sulfonamides is 1. The topological polar surface area (TPSA) is 68.7 Å². The van der Waals surface area contributed by atoms with Crippen molar-refractivity contribution in [3.63, 3.8) is 0 Å². The number of nitrogens with zero attached hydrogens (tertiary/aromatic N) is 2. The molecule has 0 radical (unpaired) electrons. The number of rotatable bonds is 4. The molecule has 6 nitrogen and oxygen atoms in total. The second-order valence-corrected chi connectivity index (χ2v) is 9.00. The van der Waals surface area contributed by atoms with Crippen LogP contribution in [0.4, 0.5) is 0 Å². The monoisotopic (exact) mass is 338 g/mol. The lowest BCUT2D eigenvalue weighted by atomic mass is 9.90. The van der Waals surface area contributed by atoms with Crippen molar-refractivity contribution in [3.05, 3.63) is 24.4 Å². The summed E-state index contributed by atoms with van der Waals surface area (Å²) in [5.74, 6) is 0.594. The van der Waals surface area contributed by atoms with Gasteiger partial charge in [0.25, 0.3) is 0 Å². The average molecular weight is 338 g/mol. The van der Waals surface area contributed by atoms with Gasteiger partial charge >= 0.3 is 0 Å². The molecule has 0 amide bonds. The van der Waals surface area contributed by atoms with Crippen LogP contribution < -0.4 is 4.74 Å². The van der Waals surface area contributed by atoms with Gasteiger partial charge < -0.3 is 9.47 Å². The molecule has 2 aliphatic heterocycles. The van der Waals surface area contributed by atoms with E-state index < -0.39 is 10.0 Å². The highest BCUT2D eigenvalue weighted by atomic mass is 32.2. The maximum absolute atomic E-state index is 12.5. The molecule has 0 aromatic carbocycles. The van der Waals surface area contributed by atoms with Crippen LogP contribution in [0.5, 0.6) is 5.88 Å². The minimum absolute atomic E-state index is 0.0616. The zero-order chi connectivity index (χ0) is 15.9. The van der Waals surface area contributed by atoms with Crippen LogP contribution >= 0.6 is 0 Å². The van der Waals surface area contributed by atoms with Crippen molar-refractivity contribution in [3.8, 4) is 5.88 Å². The summed E-state index contributed by atoms with van der Waals surface area (Å²) in [4.78, 5) is 4.18. The first-order chi connectivity index (χ1) is 11.1. The van der Waals surface area contributed by atoms with Crippen molar-refractivity contribution in [2.24, 2.45) is 0 Å². The van der Waals surface area contributed by atoms with Crippen molar-refractivity contribution in [1.82, 2.24) is 9.29 Å². The molecule has 0 N–H and O–H groups in total. The summed E-state index contributed by atoms with van der Waals surface area (Å²) >= 11 is 0. The summed E-state index contributed by atoms with van der Waals surface area (Å²) in [5, 5.41) is -0.153. The third-order valence-corrected chi connectivity index (χ3v) is 7.26. The Bertz CT molecular complexity index is 662. The van der Waals surface area contributed by atoms with Crippen molar-refractivity contribution in [2.45, 2.75) is 49.1 Å². The lowest BCUT2D eigenvalue weighted by Crippen LogP contribution is -2.51. The van der Waals surface area contributed by atoms with E-state index in [-0.39, 0.29) is 17.0 Å². The Morgan fingerprint density at radius 1 is 1.35 bits per heavy atom. The normalized spacial score (nSPS) is 32.3. The fraction of sp³-hybridized carbons (Fsp3) is 0.688. The van der Waals surface area contributed by atoms with Gasteiger partial charge in [-0.3, -0.25) is 0 Å². The summed E-state index contributed by atoms with van der Waals surface area (Å²) in [6, 6.07) is 5.56. The molecule has 1 aromatic heterocycles. The molecular weight excluding hydrogens is 316 g/mol. The van der Waals surface area contributed by atoms with Gasteiger partial charge in [-0.15, -0.1) is 0 Å². The molecular formula is C16H22N2O4S. The summed E-state index contributed by atoms with van der Waals surface area (Å²) < 4.78 is 38.5. The van der Waals surface area contributed by atoms with E-state index in [4.69, 9.17) is 9.47 Å². The fourth-order valence-electron chi connectivity index (χ4n) is 3.60. The third-order valence-electron chi connectivity index (χ3n) is 4.91. The van der Waals surface area contributed by atoms with E-state index in [2.05, 4.69) is 4.98 Å². The first-order valence-electron chi connectivity index (χ1n) is 8.28. The molecule has 126 valence electrons. The summed E-state index contributed by atoms with van der Waals surface area (Å²) in [5.41, 5.74) is -0.389. The molecule has 4 rings (SSSR count). The van der Waals surface area contributed by atoms with Crippen LogP contribution in [0.1, 0.15) is 32.1 Å². The number of pyridine rings is 1. The quantitative estimate of drug-likeness (QED) is 0.834. The van der Waals surface area contributed by atoms with Crippen LogP contribution in [0.3, 0.4) is 0 Å². The van der Waals surface area contributed by atoms with Gasteiger partial charge in [-0.05, 0) is 31.7 Å². The minimum atomic E-state index is -3.13. The van der Waals surface area contributed by atoms with Gasteiger partial charge in [0.05, 0.1) is 17.5 Å². The van der Waals surface area contributed by atoms with E-state index in [9.17, 15) is 8.42 Å². The highest BCUT2D eigenvalue weighted by Crippen LogP contribution is 2.39. The Morgan fingerprint density at radius 2 is 2.22 bits per heavy atom. The average Bonchev–Trinajstić information content (AvgIpc) is 3.34. The summed E-state index contributed by atoms with van der Waals surface area (Å²) in [7, 11) is -3.13. The van der Waals surface area contributed by atoms with Crippen molar-refractivity contribution < 1.29 is 17.9 Å². The number of ether oxygens (including phenoxy) is 2. The number of hydrogen-bond acceptors (Lipinski definition) is 5. The van der Waals surface area contributed by atoms with Crippen molar-refractivity contribution in [2.75, 3.05) is 19.7 Å². The van der Waals surface area contributed by atoms with Crippen molar-refractivity contribution >= 4 is 10.0 Å². The van der Waals surface area contributed by atoms with Gasteiger partial charge in [0.1, 0.15) is 6.10 Å². The lowest BCUT2D eigenvalue weighted by Gasteiger charge is -2.38. The minimum Gasteiger partial charge on any atom is -0.472 e. The van der Waals surface area contributed by atoms with E-state index in [1.807, 2.05) is 18.2 Å². The molecule has 1 aliphatic carbocycles. The van der Waals surface area contributed by atoms with Crippen LogP contribution in [0.2, 0.25) is 0 Å². The fourth-order valence-corrected chi connectivity index (χ4v) is 5.55. The molecule has 3 heterocycles. The summed E-state index contributed by atoms with van der Waals surface area (Å²) in [6.07, 6.45) is 5.71. The number of piperidine rings is 1. The van der Waals surface area contributed by atoms with Gasteiger partial charge in [-0.1, -0.05) is 6.07 Å². The van der Waals surface area contributed by atoms with Gasteiger partial charge in [-0.2, -0.15) is 4.31 Å². The van der Waals surface area contributed by atoms with Gasteiger partial charge in [0.15, 0.2) is 0 Å². The van der Waals surface area contributed by atoms with Crippen LogP contribution in [-0.2, 0) is 14.8 Å². The molecule has 23 heavy (non-hydrogen) atoms. The smallest absolute Gasteiger partial charge is 0.217 e. The molecule has 1 saturated carbocycles. The molecule has 3 aliphatic rings. The molecule has 2 atom stereocenters. The maximum Gasteiger partial charge on any atom is 0.217 e. The second-order valence-electron chi connectivity index (χ2n) is 6.79. The van der Waals surface area contributed by atoms with Crippen molar-refractivity contribution in [1.29, 1.82) is 0 Å². The largest absolute Gasteiger partial charge is 0.472 e. The predicted octanol–water partition coefficient (Wildman–Crippen LogP) is 1.58. The van der Waals surface area contributed by atoms with E-state index in [0.29, 0.717) is 25.6 Å². The van der Waals surface area contributed by atoms with E-state index in [1.165, 1.54) is 0 Å². The van der Waals surface area contributed by atoms with Gasteiger partial charge in [0.2, 0.25) is 15.9 Å². The van der Waals surface area contributed by atoms with Crippen LogP contribution in [0, 0.1) is 0 Å². The zero-order valence-electron chi connectivity index (χ0n) is 13.1. The maximum atomic E-state index is 12.5. The molecule has 3 fully saturated rings. The van der Waals surface area contributed by atoms with Crippen LogP contribution in [0.15, 0.2) is 24.4 Å². The first kappa shape index (κ1) is 15.4. The highest BCUT2D eigenvalue weighted by Gasteiger charge is 2.49. The number of hydrogen-bond donors (Lipinski definition) is 0. The van der Waals surface area contributed by atoms with Crippen LogP contribution in [-0.4, -0.2) is 54.4 Å². The Hall–Kier alpha value is -1.18. The Labute approximate surface area is 136 Å². The molecule has 0 bridgehead atoms. The number of aromatic nitrogens is 1. The third kappa shape index (κ3) is 3.09. The summed E-state index contributed by atoms with van der Waals surface area (Å²) in [6.45, 7) is 1.58. The molecule has 2 saturated heterocycles. The predicted molar refractivity (Wildman–Crippen MR) is 84.7 cm³/mol. The molecule has 1 aromatic rings. The standard InChI is InChI=1S/C16H22N2O4S/c19-23(20,14-5-6-14)18-9-3-7-16(12-18)10-13(11-21-16)22-15-4-1-2-8-17-15/h1-2,4,8,13-14H,3,5-7,9-12H2/t13-,16+/m1/s1. The Morgan fingerprint density at radius 3 is 2.96 bits per heavy atom. The Kier molecular flexibility index (Phi) is 3.82. The molecule has 7 heteroatoms. The van der Waals surface area contributed by atoms with E-state index in [0.717, 1.165) is 32.1 Å². The SMILES string of the molecule is O=S(=O)(C1CC1)N1CCC[C@]2(C[C@@H](Oc3ccccn3)CO2)C1. The Balaban J connectivity index is 1.43. The first-order valence-corrected chi connectivity index (χ1v) is 9.78. The van der Waals surface area contributed by atoms with E-state index >= 15 is 0 Å². The molecule has 0 unspecified atom stereocenters. The molecule has 1 spiro atoms. The zero-order valence-corrected chi connectivity index (χ0v) is 13.9. The lowest BCUT2D eigenvalue weighted by molar-refractivity contribution is -0.0339. The second kappa shape index (κ2) is 5.72. The van der Waals surface area contributed by atoms with Crippen LogP contribution in [0.25, 0.3) is 0 Å². The van der Waals surface area contributed by atoms with Gasteiger partial charge in [-0.25, -0.2) is 13.4 Å². The highest BCUT2D eigenvalue weighted by molar-refractivity contribution is 7.90.